The van der Waals surface area contributed by atoms with E-state index in [0.29, 0.717) is 0 Å². The van der Waals surface area contributed by atoms with E-state index >= 15 is 0 Å². The summed E-state index contributed by atoms with van der Waals surface area (Å²) in [6.07, 6.45) is -0.765. The predicted octanol–water partition coefficient (Wildman–Crippen LogP) is 2.90. The molecule has 0 bridgehead atoms. The summed E-state index contributed by atoms with van der Waals surface area (Å²) >= 11 is 0. The number of nitro groups is 1. The van der Waals surface area contributed by atoms with Crippen molar-refractivity contribution in [2.45, 2.75) is 13.2 Å². The molecule has 0 N–H and O–H groups in total. The first-order chi connectivity index (χ1) is 12.4. The number of ether oxygens (including phenoxy) is 1. The second kappa shape index (κ2) is 6.83. The normalized spacial score (nSPS) is 16.0. The number of rotatable bonds is 4. The van der Waals surface area contributed by atoms with Crippen LogP contribution in [0.3, 0.4) is 0 Å². The van der Waals surface area contributed by atoms with Gasteiger partial charge in [0, 0.05) is 38.3 Å². The Morgan fingerprint density at radius 2 is 1.85 bits per heavy atom. The van der Waals surface area contributed by atoms with Crippen LogP contribution in [0.15, 0.2) is 53.6 Å². The van der Waals surface area contributed by atoms with Crippen molar-refractivity contribution in [1.29, 1.82) is 0 Å². The zero-order valence-corrected chi connectivity index (χ0v) is 14.6. The maximum Gasteiger partial charge on any atom is 0.282 e. The van der Waals surface area contributed by atoms with E-state index in [-0.39, 0.29) is 23.1 Å². The maximum absolute atomic E-state index is 12.0. The van der Waals surface area contributed by atoms with Crippen LogP contribution in [0.4, 0.5) is 11.4 Å². The Morgan fingerprint density at radius 3 is 2.42 bits per heavy atom. The van der Waals surface area contributed by atoms with Crippen LogP contribution in [0.1, 0.15) is 24.3 Å². The second-order valence-electron chi connectivity index (χ2n) is 6.00. The van der Waals surface area contributed by atoms with Gasteiger partial charge in [-0.05, 0) is 18.2 Å². The number of benzene rings is 2. The number of nitrogens with zero attached hydrogens (tertiary/aromatic N) is 4. The SMILES string of the molecule is CC(=O)N1N=C(c2ccccc2[N+](=O)[O-])OC1c1ccc(N(C)C)cc1. The second-order valence-corrected chi connectivity index (χ2v) is 6.00. The molecule has 0 aliphatic carbocycles. The Bertz CT molecular complexity index is 877. The Hall–Kier alpha value is -3.42. The molecule has 1 unspecified atom stereocenters. The third-order valence-corrected chi connectivity index (χ3v) is 3.99. The van der Waals surface area contributed by atoms with Gasteiger partial charge in [-0.25, -0.2) is 0 Å². The first kappa shape index (κ1) is 17.4. The highest BCUT2D eigenvalue weighted by Gasteiger charge is 2.35. The molecule has 1 aliphatic rings. The fraction of sp³-hybridized carbons (Fsp3) is 0.222. The minimum Gasteiger partial charge on any atom is -0.445 e. The molecule has 0 fully saturated rings. The first-order valence-corrected chi connectivity index (χ1v) is 7.94. The third-order valence-electron chi connectivity index (χ3n) is 3.99. The molecule has 0 saturated carbocycles. The summed E-state index contributed by atoms with van der Waals surface area (Å²) in [5.41, 5.74) is 1.83. The summed E-state index contributed by atoms with van der Waals surface area (Å²) in [6, 6.07) is 13.6. The number of amides is 1. The van der Waals surface area contributed by atoms with E-state index in [4.69, 9.17) is 4.74 Å². The molecule has 8 heteroatoms. The Labute approximate surface area is 150 Å². The lowest BCUT2D eigenvalue weighted by Crippen LogP contribution is -2.25. The van der Waals surface area contributed by atoms with E-state index in [1.165, 1.54) is 18.0 Å². The van der Waals surface area contributed by atoms with Crippen LogP contribution in [-0.2, 0) is 9.53 Å². The monoisotopic (exact) mass is 354 g/mol. The number of hydrogen-bond acceptors (Lipinski definition) is 6. The van der Waals surface area contributed by atoms with Crippen LogP contribution in [0.5, 0.6) is 0 Å². The summed E-state index contributed by atoms with van der Waals surface area (Å²) in [4.78, 5) is 24.7. The Morgan fingerprint density at radius 1 is 1.19 bits per heavy atom. The van der Waals surface area contributed by atoms with Crippen molar-refractivity contribution in [3.8, 4) is 0 Å². The first-order valence-electron chi connectivity index (χ1n) is 7.94. The molecule has 1 atom stereocenters. The van der Waals surface area contributed by atoms with E-state index in [9.17, 15) is 14.9 Å². The molecule has 0 spiro atoms. The number of nitro benzene ring substituents is 1. The van der Waals surface area contributed by atoms with Gasteiger partial charge in [0.15, 0.2) is 0 Å². The molecule has 2 aromatic rings. The molecule has 0 radical (unpaired) electrons. The minimum absolute atomic E-state index is 0.0502. The maximum atomic E-state index is 12.0. The zero-order valence-electron chi connectivity index (χ0n) is 14.6. The van der Waals surface area contributed by atoms with Gasteiger partial charge in [-0.3, -0.25) is 14.9 Å². The smallest absolute Gasteiger partial charge is 0.282 e. The highest BCUT2D eigenvalue weighted by Crippen LogP contribution is 2.33. The molecule has 0 saturated heterocycles. The van der Waals surface area contributed by atoms with Crippen molar-refractivity contribution >= 4 is 23.2 Å². The lowest BCUT2D eigenvalue weighted by molar-refractivity contribution is -0.385. The number of hydrogen-bond donors (Lipinski definition) is 0. The van der Waals surface area contributed by atoms with Gasteiger partial charge in [0.2, 0.25) is 18.0 Å². The molecule has 26 heavy (non-hydrogen) atoms. The van der Waals surface area contributed by atoms with Crippen LogP contribution < -0.4 is 4.90 Å². The standard InChI is InChI=1S/C18H18N4O4/c1-12(23)21-18(13-8-10-14(11-9-13)20(2)3)26-17(19-21)15-6-4-5-7-16(15)22(24)25/h4-11,18H,1-3H3. The number of para-hydroxylation sites is 1. The third kappa shape index (κ3) is 3.21. The van der Waals surface area contributed by atoms with Gasteiger partial charge in [-0.1, -0.05) is 24.3 Å². The largest absolute Gasteiger partial charge is 0.445 e. The highest BCUT2D eigenvalue weighted by atomic mass is 16.6. The van der Waals surface area contributed by atoms with Gasteiger partial charge in [0.25, 0.3) is 5.69 Å². The molecule has 8 nitrogen and oxygen atoms in total. The molecular formula is C18H18N4O4. The lowest BCUT2D eigenvalue weighted by Gasteiger charge is -2.20. The number of hydrazone groups is 1. The number of carbonyl (C=O) groups excluding carboxylic acids is 1. The Balaban J connectivity index is 1.96. The summed E-state index contributed by atoms with van der Waals surface area (Å²) in [5.74, 6) is -0.269. The zero-order chi connectivity index (χ0) is 18.8. The molecular weight excluding hydrogens is 336 g/mol. The Kier molecular flexibility index (Phi) is 4.57. The van der Waals surface area contributed by atoms with Gasteiger partial charge in [-0.15, -0.1) is 5.10 Å². The number of carbonyl (C=O) groups is 1. The van der Waals surface area contributed by atoms with Gasteiger partial charge in [0.1, 0.15) is 5.56 Å². The van der Waals surface area contributed by atoms with Crippen LogP contribution >= 0.6 is 0 Å². The topological polar surface area (TPSA) is 88.3 Å². The molecule has 0 aromatic heterocycles. The molecule has 1 heterocycles. The van der Waals surface area contributed by atoms with Crippen LogP contribution in [0.2, 0.25) is 0 Å². The van der Waals surface area contributed by atoms with Crippen molar-refractivity contribution in [3.63, 3.8) is 0 Å². The van der Waals surface area contributed by atoms with Crippen molar-refractivity contribution < 1.29 is 14.5 Å². The average molecular weight is 354 g/mol. The lowest BCUT2D eigenvalue weighted by atomic mass is 10.1. The quantitative estimate of drug-likeness (QED) is 0.622. The van der Waals surface area contributed by atoms with Crippen molar-refractivity contribution in [2.24, 2.45) is 5.10 Å². The highest BCUT2D eigenvalue weighted by molar-refractivity contribution is 5.99. The van der Waals surface area contributed by atoms with Gasteiger partial charge in [0.05, 0.1) is 4.92 Å². The van der Waals surface area contributed by atoms with E-state index in [0.717, 1.165) is 11.3 Å². The van der Waals surface area contributed by atoms with Gasteiger partial charge < -0.3 is 9.64 Å². The molecule has 1 amide bonds. The van der Waals surface area contributed by atoms with Crippen molar-refractivity contribution in [3.05, 3.63) is 69.8 Å². The fourth-order valence-corrected chi connectivity index (χ4v) is 2.64. The summed E-state index contributed by atoms with van der Waals surface area (Å²) in [5, 5.41) is 16.6. The average Bonchev–Trinajstić information content (AvgIpc) is 3.07. The van der Waals surface area contributed by atoms with Gasteiger partial charge >= 0.3 is 0 Å². The molecule has 1 aliphatic heterocycles. The number of anilines is 1. The summed E-state index contributed by atoms with van der Waals surface area (Å²) in [6.45, 7) is 1.37. The molecule has 134 valence electrons. The minimum atomic E-state index is -0.765. The predicted molar refractivity (Wildman–Crippen MR) is 96.7 cm³/mol. The summed E-state index contributed by atoms with van der Waals surface area (Å²) in [7, 11) is 3.86. The van der Waals surface area contributed by atoms with Crippen LogP contribution in [0.25, 0.3) is 0 Å². The van der Waals surface area contributed by atoms with Crippen LogP contribution in [0, 0.1) is 10.1 Å². The van der Waals surface area contributed by atoms with Gasteiger partial charge in [-0.2, -0.15) is 5.01 Å². The van der Waals surface area contributed by atoms with Crippen LogP contribution in [-0.4, -0.2) is 35.8 Å². The molecule has 3 rings (SSSR count). The van der Waals surface area contributed by atoms with E-state index < -0.39 is 11.2 Å². The van der Waals surface area contributed by atoms with E-state index in [1.807, 2.05) is 43.3 Å². The van der Waals surface area contributed by atoms with Crippen molar-refractivity contribution in [2.75, 3.05) is 19.0 Å². The fourth-order valence-electron chi connectivity index (χ4n) is 2.64. The van der Waals surface area contributed by atoms with E-state index in [1.54, 1.807) is 18.2 Å². The molecule has 2 aromatic carbocycles. The summed E-state index contributed by atoms with van der Waals surface area (Å²) < 4.78 is 5.84. The van der Waals surface area contributed by atoms with Crippen molar-refractivity contribution in [1.82, 2.24) is 5.01 Å². The van der Waals surface area contributed by atoms with E-state index in [2.05, 4.69) is 5.10 Å².